The average Bonchev–Trinajstić information content (AvgIpc) is 2.68. The summed E-state index contributed by atoms with van der Waals surface area (Å²) in [6.07, 6.45) is 1.83. The van der Waals surface area contributed by atoms with Gasteiger partial charge in [-0.25, -0.2) is 4.39 Å². The molecule has 0 bridgehead atoms. The fourth-order valence-corrected chi connectivity index (χ4v) is 3.09. The molecule has 2 heterocycles. The van der Waals surface area contributed by atoms with Crippen molar-refractivity contribution in [1.29, 1.82) is 0 Å². The Kier molecular flexibility index (Phi) is 4.08. The van der Waals surface area contributed by atoms with Crippen LogP contribution in [0.5, 0.6) is 0 Å². The fourth-order valence-electron chi connectivity index (χ4n) is 3.09. The number of benzene rings is 1. The van der Waals surface area contributed by atoms with Crippen molar-refractivity contribution < 1.29 is 18.4 Å². The van der Waals surface area contributed by atoms with E-state index in [2.05, 4.69) is 0 Å². The zero-order chi connectivity index (χ0) is 16.0. The number of rotatable bonds is 2. The first kappa shape index (κ1) is 16.0. The standard InChI is InChI=1S/C17H24BFO3/c1-16(2)17(3,4)22-18(21-16)15-6-5-13(19)11-14(15)12-7-9-20-10-8-12/h5-6,11-12H,7-10H2,1-4H3. The van der Waals surface area contributed by atoms with Gasteiger partial charge < -0.3 is 14.0 Å². The molecule has 1 aromatic carbocycles. The predicted molar refractivity (Wildman–Crippen MR) is 84.9 cm³/mol. The molecule has 0 unspecified atom stereocenters. The summed E-state index contributed by atoms with van der Waals surface area (Å²) in [4.78, 5) is 0. The Hall–Kier alpha value is -0.905. The van der Waals surface area contributed by atoms with E-state index in [0.717, 1.165) is 37.1 Å². The van der Waals surface area contributed by atoms with Gasteiger partial charge in [0, 0.05) is 13.2 Å². The molecule has 0 amide bonds. The van der Waals surface area contributed by atoms with Gasteiger partial charge in [-0.3, -0.25) is 0 Å². The Morgan fingerprint density at radius 3 is 2.23 bits per heavy atom. The van der Waals surface area contributed by atoms with Crippen LogP contribution >= 0.6 is 0 Å². The van der Waals surface area contributed by atoms with Crippen LogP contribution in [0.4, 0.5) is 4.39 Å². The van der Waals surface area contributed by atoms with Crippen LogP contribution in [0.3, 0.4) is 0 Å². The molecule has 2 aliphatic rings. The van der Waals surface area contributed by atoms with Gasteiger partial charge in [0.15, 0.2) is 0 Å². The van der Waals surface area contributed by atoms with Gasteiger partial charge in [-0.05, 0) is 69.6 Å². The van der Waals surface area contributed by atoms with E-state index in [-0.39, 0.29) is 17.0 Å². The summed E-state index contributed by atoms with van der Waals surface area (Å²) in [7, 11) is -0.441. The van der Waals surface area contributed by atoms with E-state index in [9.17, 15) is 4.39 Å². The molecular formula is C17H24BFO3. The van der Waals surface area contributed by atoms with Gasteiger partial charge in [0.05, 0.1) is 11.2 Å². The minimum Gasteiger partial charge on any atom is -0.399 e. The molecular weight excluding hydrogens is 282 g/mol. The largest absolute Gasteiger partial charge is 0.495 e. The monoisotopic (exact) mass is 306 g/mol. The Bertz CT molecular complexity index is 537. The van der Waals surface area contributed by atoms with Gasteiger partial charge in [0.25, 0.3) is 0 Å². The van der Waals surface area contributed by atoms with E-state index in [1.165, 1.54) is 6.07 Å². The fraction of sp³-hybridized carbons (Fsp3) is 0.647. The molecule has 2 saturated heterocycles. The highest BCUT2D eigenvalue weighted by Crippen LogP contribution is 2.37. The van der Waals surface area contributed by atoms with Crippen LogP contribution < -0.4 is 5.46 Å². The Balaban J connectivity index is 1.94. The molecule has 5 heteroatoms. The van der Waals surface area contributed by atoms with Gasteiger partial charge in [-0.2, -0.15) is 0 Å². The molecule has 22 heavy (non-hydrogen) atoms. The molecule has 0 spiro atoms. The van der Waals surface area contributed by atoms with Gasteiger partial charge in [0.1, 0.15) is 5.82 Å². The maximum atomic E-state index is 13.8. The van der Waals surface area contributed by atoms with E-state index in [1.54, 1.807) is 6.07 Å². The summed E-state index contributed by atoms with van der Waals surface area (Å²) in [5, 5.41) is 0. The van der Waals surface area contributed by atoms with Crippen molar-refractivity contribution in [1.82, 2.24) is 0 Å². The van der Waals surface area contributed by atoms with Crippen LogP contribution in [0.15, 0.2) is 18.2 Å². The van der Waals surface area contributed by atoms with E-state index < -0.39 is 7.12 Å². The van der Waals surface area contributed by atoms with Crippen molar-refractivity contribution in [2.45, 2.75) is 57.7 Å². The molecule has 2 fully saturated rings. The molecule has 0 aromatic heterocycles. The SMILES string of the molecule is CC1(C)OB(c2ccc(F)cc2C2CCOCC2)OC1(C)C. The van der Waals surface area contributed by atoms with Crippen LogP contribution in [-0.4, -0.2) is 31.5 Å². The first-order valence-electron chi connectivity index (χ1n) is 8.03. The van der Waals surface area contributed by atoms with E-state index in [0.29, 0.717) is 5.92 Å². The molecule has 1 aromatic rings. The lowest BCUT2D eigenvalue weighted by atomic mass is 9.72. The van der Waals surface area contributed by atoms with Crippen LogP contribution in [0, 0.1) is 5.82 Å². The summed E-state index contributed by atoms with van der Waals surface area (Å²) in [5.74, 6) is 0.0974. The van der Waals surface area contributed by atoms with Crippen LogP contribution in [0.1, 0.15) is 52.0 Å². The minimum absolute atomic E-state index is 0.207. The Labute approximate surface area is 132 Å². The number of hydrogen-bond donors (Lipinski definition) is 0. The average molecular weight is 306 g/mol. The maximum Gasteiger partial charge on any atom is 0.495 e. The first-order chi connectivity index (χ1) is 10.3. The van der Waals surface area contributed by atoms with Gasteiger partial charge in [-0.1, -0.05) is 6.07 Å². The molecule has 2 aliphatic heterocycles. The van der Waals surface area contributed by atoms with Gasteiger partial charge in [0.2, 0.25) is 0 Å². The molecule has 0 saturated carbocycles. The van der Waals surface area contributed by atoms with Gasteiger partial charge >= 0.3 is 7.12 Å². The third kappa shape index (κ3) is 2.82. The van der Waals surface area contributed by atoms with Crippen molar-refractivity contribution in [2.75, 3.05) is 13.2 Å². The minimum atomic E-state index is -0.441. The quantitative estimate of drug-likeness (QED) is 0.786. The summed E-state index contributed by atoms with van der Waals surface area (Å²) < 4.78 is 31.5. The smallest absolute Gasteiger partial charge is 0.399 e. The molecule has 0 aliphatic carbocycles. The van der Waals surface area contributed by atoms with Crippen LogP contribution in [-0.2, 0) is 14.0 Å². The summed E-state index contributed by atoms with van der Waals surface area (Å²) >= 11 is 0. The normalized spacial score (nSPS) is 24.7. The highest BCUT2D eigenvalue weighted by atomic mass is 19.1. The summed E-state index contributed by atoms with van der Waals surface area (Å²) in [6, 6.07) is 4.93. The topological polar surface area (TPSA) is 27.7 Å². The number of ether oxygens (including phenoxy) is 1. The number of halogens is 1. The first-order valence-corrected chi connectivity index (χ1v) is 8.03. The molecule has 0 radical (unpaired) electrons. The third-order valence-electron chi connectivity index (χ3n) is 5.22. The zero-order valence-electron chi connectivity index (χ0n) is 13.8. The lowest BCUT2D eigenvalue weighted by Gasteiger charge is -2.32. The lowest BCUT2D eigenvalue weighted by Crippen LogP contribution is -2.41. The highest BCUT2D eigenvalue weighted by Gasteiger charge is 2.52. The van der Waals surface area contributed by atoms with E-state index in [4.69, 9.17) is 14.0 Å². The molecule has 120 valence electrons. The lowest BCUT2D eigenvalue weighted by molar-refractivity contribution is 0.00578. The Morgan fingerprint density at radius 2 is 1.64 bits per heavy atom. The Morgan fingerprint density at radius 1 is 1.05 bits per heavy atom. The third-order valence-corrected chi connectivity index (χ3v) is 5.22. The second-order valence-electron chi connectivity index (χ2n) is 7.25. The molecule has 0 atom stereocenters. The maximum absolute atomic E-state index is 13.8. The van der Waals surface area contributed by atoms with Crippen molar-refractivity contribution in [3.63, 3.8) is 0 Å². The molecule has 3 rings (SSSR count). The number of hydrogen-bond acceptors (Lipinski definition) is 3. The van der Waals surface area contributed by atoms with E-state index in [1.807, 2.05) is 33.8 Å². The van der Waals surface area contributed by atoms with Crippen LogP contribution in [0.2, 0.25) is 0 Å². The highest BCUT2D eigenvalue weighted by molar-refractivity contribution is 6.62. The summed E-state index contributed by atoms with van der Waals surface area (Å²) in [5.41, 5.74) is 1.17. The van der Waals surface area contributed by atoms with Crippen molar-refractivity contribution in [3.05, 3.63) is 29.6 Å². The zero-order valence-corrected chi connectivity index (χ0v) is 13.8. The second kappa shape index (κ2) is 5.62. The summed E-state index contributed by atoms with van der Waals surface area (Å²) in [6.45, 7) is 9.58. The van der Waals surface area contributed by atoms with Crippen molar-refractivity contribution in [3.8, 4) is 0 Å². The molecule has 3 nitrogen and oxygen atoms in total. The molecule has 0 N–H and O–H groups in total. The van der Waals surface area contributed by atoms with Gasteiger partial charge in [-0.15, -0.1) is 0 Å². The van der Waals surface area contributed by atoms with Crippen LogP contribution in [0.25, 0.3) is 0 Å². The van der Waals surface area contributed by atoms with E-state index >= 15 is 0 Å². The van der Waals surface area contributed by atoms with Crippen molar-refractivity contribution >= 4 is 12.6 Å². The van der Waals surface area contributed by atoms with Crippen molar-refractivity contribution in [2.24, 2.45) is 0 Å². The predicted octanol–water partition coefficient (Wildman–Crippen LogP) is 3.02. The second-order valence-corrected chi connectivity index (χ2v) is 7.25.